The number of ether oxygens (including phenoxy) is 1. The number of nitrogens with one attached hydrogen (secondary N) is 1. The van der Waals surface area contributed by atoms with E-state index in [-0.39, 0.29) is 5.91 Å². The average molecular weight is 411 g/mol. The van der Waals surface area contributed by atoms with E-state index in [0.29, 0.717) is 19.1 Å². The number of quaternary nitrogens is 1. The molecule has 0 aliphatic carbocycles. The molecule has 1 N–H and O–H groups in total. The van der Waals surface area contributed by atoms with Crippen molar-refractivity contribution < 1.29 is 14.4 Å². The average Bonchev–Trinajstić information content (AvgIpc) is 3.48. The first-order valence-corrected chi connectivity index (χ1v) is 11.0. The van der Waals surface area contributed by atoms with Gasteiger partial charge in [-0.3, -0.25) is 4.79 Å². The molecule has 1 amide bonds. The number of aryl methyl sites for hydroxylation is 1. The summed E-state index contributed by atoms with van der Waals surface area (Å²) in [4.78, 5) is 17.9. The highest BCUT2D eigenvalue weighted by atomic mass is 32.1. The van der Waals surface area contributed by atoms with E-state index in [1.165, 1.54) is 15.5 Å². The maximum atomic E-state index is 13.5. The Labute approximate surface area is 176 Å². The second-order valence-electron chi connectivity index (χ2n) is 7.58. The first-order chi connectivity index (χ1) is 14.2. The molecule has 1 unspecified atom stereocenters. The van der Waals surface area contributed by atoms with Gasteiger partial charge in [-0.15, -0.1) is 11.3 Å². The molecule has 2 aromatic heterocycles. The van der Waals surface area contributed by atoms with Crippen LogP contribution in [0.25, 0.3) is 0 Å². The van der Waals surface area contributed by atoms with Gasteiger partial charge in [0.05, 0.1) is 25.9 Å². The van der Waals surface area contributed by atoms with Crippen molar-refractivity contribution in [3.05, 3.63) is 70.7 Å². The molecule has 0 bridgehead atoms. The van der Waals surface area contributed by atoms with E-state index in [2.05, 4.69) is 41.4 Å². The summed E-state index contributed by atoms with van der Waals surface area (Å²) in [5.41, 5.74) is 2.23. The maximum Gasteiger partial charge on any atom is 0.282 e. The Morgan fingerprint density at radius 1 is 1.24 bits per heavy atom. The number of thiophene rings is 1. The molecule has 1 fully saturated rings. The molecule has 5 nitrogen and oxygen atoms in total. The summed E-state index contributed by atoms with van der Waals surface area (Å²) in [5, 5.41) is 2.06. The molecule has 1 aromatic carbocycles. The van der Waals surface area contributed by atoms with Gasteiger partial charge in [-0.1, -0.05) is 6.07 Å². The van der Waals surface area contributed by atoms with Crippen LogP contribution in [0.3, 0.4) is 0 Å². The fourth-order valence-corrected chi connectivity index (χ4v) is 4.94. The summed E-state index contributed by atoms with van der Waals surface area (Å²) in [6, 6.07) is 16.6. The zero-order chi connectivity index (χ0) is 20.2. The van der Waals surface area contributed by atoms with E-state index in [9.17, 15) is 4.79 Å². The molecule has 1 saturated heterocycles. The van der Waals surface area contributed by atoms with Gasteiger partial charge in [-0.25, -0.2) is 0 Å². The van der Waals surface area contributed by atoms with Gasteiger partial charge in [0.25, 0.3) is 5.91 Å². The van der Waals surface area contributed by atoms with E-state index in [4.69, 9.17) is 4.74 Å². The summed E-state index contributed by atoms with van der Waals surface area (Å²) >= 11 is 1.69. The van der Waals surface area contributed by atoms with Crippen molar-refractivity contribution in [2.24, 2.45) is 7.05 Å². The Bertz CT molecular complexity index is 933. The van der Waals surface area contributed by atoms with Crippen molar-refractivity contribution in [1.29, 1.82) is 0 Å². The summed E-state index contributed by atoms with van der Waals surface area (Å²) in [6.45, 7) is 2.15. The van der Waals surface area contributed by atoms with E-state index in [0.717, 1.165) is 30.8 Å². The molecule has 0 saturated carbocycles. The number of likely N-dealkylation sites (tertiary alicyclic amines) is 1. The lowest BCUT2D eigenvalue weighted by Crippen LogP contribution is -3.11. The summed E-state index contributed by atoms with van der Waals surface area (Å²) < 4.78 is 7.47. The molecule has 3 aromatic rings. The number of carbonyl (C=O) groups is 1. The standard InChI is InChI=1S/C23H27N3O2S/c1-24-13-3-7-21(24)22-8-4-14-25(22)17-23(27)26(16-20-6-5-15-29-20)18-9-11-19(28-2)12-10-18/h3,5-7,9-13,15,22H,4,8,14,16-17H2,1-2H3/p+1/t22-/m0/s1. The molecule has 29 heavy (non-hydrogen) atoms. The van der Waals surface area contributed by atoms with Crippen LogP contribution in [0.4, 0.5) is 5.69 Å². The molecular weight excluding hydrogens is 382 g/mol. The molecule has 4 rings (SSSR count). The van der Waals surface area contributed by atoms with Gasteiger partial charge in [-0.2, -0.15) is 0 Å². The second kappa shape index (κ2) is 8.84. The quantitative estimate of drug-likeness (QED) is 0.650. The monoisotopic (exact) mass is 410 g/mol. The van der Waals surface area contributed by atoms with Crippen molar-refractivity contribution in [3.63, 3.8) is 0 Å². The Balaban J connectivity index is 1.54. The van der Waals surface area contributed by atoms with Crippen LogP contribution in [-0.4, -0.2) is 30.7 Å². The van der Waals surface area contributed by atoms with Crippen LogP contribution >= 0.6 is 11.3 Å². The van der Waals surface area contributed by atoms with Crippen LogP contribution in [0.15, 0.2) is 60.1 Å². The third-order valence-electron chi connectivity index (χ3n) is 5.78. The summed E-state index contributed by atoms with van der Waals surface area (Å²) in [6.07, 6.45) is 4.38. The summed E-state index contributed by atoms with van der Waals surface area (Å²) in [7, 11) is 3.75. The fraction of sp³-hybridized carbons (Fsp3) is 0.348. The number of amides is 1. The first-order valence-electron chi connectivity index (χ1n) is 10.1. The zero-order valence-corrected chi connectivity index (χ0v) is 17.8. The van der Waals surface area contributed by atoms with Gasteiger partial charge < -0.3 is 19.1 Å². The molecule has 1 aliphatic rings. The number of aromatic nitrogens is 1. The minimum absolute atomic E-state index is 0.166. The minimum Gasteiger partial charge on any atom is -0.497 e. The lowest BCUT2D eigenvalue weighted by Gasteiger charge is -2.27. The molecule has 6 heteroatoms. The van der Waals surface area contributed by atoms with E-state index >= 15 is 0 Å². The van der Waals surface area contributed by atoms with Crippen molar-refractivity contribution in [2.75, 3.05) is 25.1 Å². The maximum absolute atomic E-state index is 13.5. The lowest BCUT2D eigenvalue weighted by atomic mass is 10.1. The predicted octanol–water partition coefficient (Wildman–Crippen LogP) is 3.05. The number of benzene rings is 1. The van der Waals surface area contributed by atoms with Crippen LogP contribution in [0, 0.1) is 0 Å². The van der Waals surface area contributed by atoms with Gasteiger partial charge in [0.15, 0.2) is 6.54 Å². The van der Waals surface area contributed by atoms with Gasteiger partial charge >= 0.3 is 0 Å². The smallest absolute Gasteiger partial charge is 0.282 e. The predicted molar refractivity (Wildman–Crippen MR) is 117 cm³/mol. The highest BCUT2D eigenvalue weighted by Crippen LogP contribution is 2.23. The molecular formula is C23H28N3O2S+. The molecule has 152 valence electrons. The highest BCUT2D eigenvalue weighted by molar-refractivity contribution is 7.09. The lowest BCUT2D eigenvalue weighted by molar-refractivity contribution is -0.910. The van der Waals surface area contributed by atoms with Crippen molar-refractivity contribution in [3.8, 4) is 5.75 Å². The number of hydrogen-bond donors (Lipinski definition) is 1. The van der Waals surface area contributed by atoms with E-state index < -0.39 is 0 Å². The van der Waals surface area contributed by atoms with Gasteiger partial charge in [0, 0.05) is 36.7 Å². The molecule has 2 atom stereocenters. The number of methoxy groups -OCH3 is 1. The Hall–Kier alpha value is -2.57. The van der Waals surface area contributed by atoms with Crippen molar-refractivity contribution in [2.45, 2.75) is 25.4 Å². The molecule has 3 heterocycles. The third kappa shape index (κ3) is 4.38. The molecule has 1 aliphatic heterocycles. The van der Waals surface area contributed by atoms with Crippen LogP contribution in [-0.2, 0) is 18.4 Å². The molecule has 0 spiro atoms. The normalized spacial score (nSPS) is 18.7. The van der Waals surface area contributed by atoms with E-state index in [1.54, 1.807) is 18.4 Å². The van der Waals surface area contributed by atoms with Gasteiger partial charge in [0.1, 0.15) is 11.8 Å². The Morgan fingerprint density at radius 3 is 2.72 bits per heavy atom. The Kier molecular flexibility index (Phi) is 6.02. The van der Waals surface area contributed by atoms with Crippen LogP contribution in [0.1, 0.15) is 29.5 Å². The highest BCUT2D eigenvalue weighted by Gasteiger charge is 2.34. The van der Waals surface area contributed by atoms with Crippen LogP contribution < -0.4 is 14.5 Å². The van der Waals surface area contributed by atoms with Gasteiger partial charge in [-0.05, 0) is 47.8 Å². The number of anilines is 1. The number of carbonyl (C=O) groups excluding carboxylic acids is 1. The van der Waals surface area contributed by atoms with Crippen molar-refractivity contribution >= 4 is 22.9 Å². The Morgan fingerprint density at radius 2 is 2.07 bits per heavy atom. The number of nitrogens with zero attached hydrogens (tertiary/aromatic N) is 2. The number of rotatable bonds is 7. The fourth-order valence-electron chi connectivity index (χ4n) is 4.25. The zero-order valence-electron chi connectivity index (χ0n) is 17.0. The second-order valence-corrected chi connectivity index (χ2v) is 8.61. The largest absolute Gasteiger partial charge is 0.497 e. The first kappa shape index (κ1) is 19.7. The minimum atomic E-state index is 0.166. The van der Waals surface area contributed by atoms with Crippen LogP contribution in [0.2, 0.25) is 0 Å². The molecule has 0 radical (unpaired) electrons. The topological polar surface area (TPSA) is 38.9 Å². The summed E-state index contributed by atoms with van der Waals surface area (Å²) in [5.74, 6) is 0.964. The SMILES string of the molecule is COc1ccc(N(Cc2cccs2)C(=O)C[NH+]2CCC[C@H]2c2cccn2C)cc1. The van der Waals surface area contributed by atoms with Gasteiger partial charge in [0.2, 0.25) is 0 Å². The van der Waals surface area contributed by atoms with E-state index in [1.807, 2.05) is 35.2 Å². The van der Waals surface area contributed by atoms with Crippen molar-refractivity contribution in [1.82, 2.24) is 4.57 Å². The van der Waals surface area contributed by atoms with Crippen LogP contribution in [0.5, 0.6) is 5.75 Å². The number of hydrogen-bond acceptors (Lipinski definition) is 3. The third-order valence-corrected chi connectivity index (χ3v) is 6.64.